The first-order valence-corrected chi connectivity index (χ1v) is 9.54. The van der Waals surface area contributed by atoms with E-state index in [0.29, 0.717) is 24.5 Å². The highest BCUT2D eigenvalue weighted by Crippen LogP contribution is 2.45. The predicted octanol–water partition coefficient (Wildman–Crippen LogP) is 3.21. The third kappa shape index (κ3) is 4.69. The van der Waals surface area contributed by atoms with Gasteiger partial charge in [0.25, 0.3) is 0 Å². The summed E-state index contributed by atoms with van der Waals surface area (Å²) < 4.78 is 6.00. The van der Waals surface area contributed by atoms with Crippen molar-refractivity contribution in [3.05, 3.63) is 0 Å². The SMILES string of the molecule is CCCCOC1CC(N(C)C(=O)CCC2CCNCC2)C1(C)C. The van der Waals surface area contributed by atoms with Gasteiger partial charge >= 0.3 is 0 Å². The van der Waals surface area contributed by atoms with Gasteiger partial charge in [0.05, 0.1) is 6.10 Å². The molecule has 23 heavy (non-hydrogen) atoms. The van der Waals surface area contributed by atoms with Crippen LogP contribution in [0.2, 0.25) is 0 Å². The van der Waals surface area contributed by atoms with Gasteiger partial charge in [-0.05, 0) is 51.1 Å². The van der Waals surface area contributed by atoms with Gasteiger partial charge in [-0.25, -0.2) is 0 Å². The Bertz CT molecular complexity index is 378. The van der Waals surface area contributed by atoms with Crippen LogP contribution in [0.5, 0.6) is 0 Å². The smallest absolute Gasteiger partial charge is 0.222 e. The molecule has 1 N–H and O–H groups in total. The molecule has 0 aromatic carbocycles. The quantitative estimate of drug-likeness (QED) is 0.697. The standard InChI is InChI=1S/C19H36N2O2/c1-5-6-13-23-17-14-16(19(17,2)3)21(4)18(22)8-7-15-9-11-20-12-10-15/h15-17,20H,5-14H2,1-4H3. The number of hydrogen-bond acceptors (Lipinski definition) is 3. The van der Waals surface area contributed by atoms with E-state index in [9.17, 15) is 4.79 Å². The van der Waals surface area contributed by atoms with E-state index in [-0.39, 0.29) is 5.41 Å². The largest absolute Gasteiger partial charge is 0.378 e. The molecule has 0 spiro atoms. The Balaban J connectivity index is 1.74. The zero-order chi connectivity index (χ0) is 16.9. The Morgan fingerprint density at radius 1 is 1.30 bits per heavy atom. The first-order valence-electron chi connectivity index (χ1n) is 9.54. The lowest BCUT2D eigenvalue weighted by atomic mass is 9.63. The molecule has 134 valence electrons. The highest BCUT2D eigenvalue weighted by atomic mass is 16.5. The van der Waals surface area contributed by atoms with Gasteiger partial charge in [0.15, 0.2) is 0 Å². The van der Waals surface area contributed by atoms with E-state index in [1.165, 1.54) is 19.3 Å². The van der Waals surface area contributed by atoms with E-state index in [0.717, 1.165) is 44.9 Å². The minimum Gasteiger partial charge on any atom is -0.378 e. The maximum Gasteiger partial charge on any atom is 0.222 e. The van der Waals surface area contributed by atoms with Crippen LogP contribution < -0.4 is 5.32 Å². The molecule has 4 nitrogen and oxygen atoms in total. The van der Waals surface area contributed by atoms with Crippen molar-refractivity contribution in [2.24, 2.45) is 11.3 Å². The molecule has 2 aliphatic rings. The van der Waals surface area contributed by atoms with Crippen LogP contribution in [0.25, 0.3) is 0 Å². The van der Waals surface area contributed by atoms with Gasteiger partial charge in [0, 0.05) is 31.5 Å². The number of nitrogens with zero attached hydrogens (tertiary/aromatic N) is 1. The number of rotatable bonds is 8. The zero-order valence-electron chi connectivity index (χ0n) is 15.6. The normalized spacial score (nSPS) is 27.5. The van der Waals surface area contributed by atoms with Crippen molar-refractivity contribution in [3.8, 4) is 0 Å². The van der Waals surface area contributed by atoms with Crippen molar-refractivity contribution in [1.82, 2.24) is 10.2 Å². The molecule has 1 aliphatic heterocycles. The summed E-state index contributed by atoms with van der Waals surface area (Å²) in [7, 11) is 1.99. The topological polar surface area (TPSA) is 41.6 Å². The van der Waals surface area contributed by atoms with Gasteiger partial charge in [-0.1, -0.05) is 27.2 Å². The van der Waals surface area contributed by atoms with Crippen molar-refractivity contribution in [2.75, 3.05) is 26.7 Å². The molecule has 0 aromatic rings. The minimum absolute atomic E-state index is 0.0763. The summed E-state index contributed by atoms with van der Waals surface area (Å²) in [4.78, 5) is 14.5. The van der Waals surface area contributed by atoms with Gasteiger partial charge in [-0.2, -0.15) is 0 Å². The van der Waals surface area contributed by atoms with Gasteiger partial charge in [-0.3, -0.25) is 4.79 Å². The number of unbranched alkanes of at least 4 members (excludes halogenated alkanes) is 1. The molecule has 1 aliphatic carbocycles. The summed E-state index contributed by atoms with van der Waals surface area (Å²) in [5.74, 6) is 1.04. The average Bonchev–Trinajstić information content (AvgIpc) is 2.55. The van der Waals surface area contributed by atoms with Crippen LogP contribution in [-0.2, 0) is 9.53 Å². The molecular formula is C19H36N2O2. The van der Waals surface area contributed by atoms with Crippen molar-refractivity contribution >= 4 is 5.91 Å². The van der Waals surface area contributed by atoms with Gasteiger partial charge < -0.3 is 15.0 Å². The lowest BCUT2D eigenvalue weighted by Gasteiger charge is -2.55. The molecule has 2 atom stereocenters. The summed E-state index contributed by atoms with van der Waals surface area (Å²) in [5.41, 5.74) is 0.0763. The lowest BCUT2D eigenvalue weighted by molar-refractivity contribution is -0.165. The summed E-state index contributed by atoms with van der Waals surface area (Å²) in [6, 6.07) is 0.328. The van der Waals surface area contributed by atoms with Crippen LogP contribution in [0.15, 0.2) is 0 Å². The third-order valence-electron chi connectivity index (χ3n) is 6.03. The molecule has 0 radical (unpaired) electrons. The number of amides is 1. The van der Waals surface area contributed by atoms with E-state index in [2.05, 4.69) is 26.1 Å². The monoisotopic (exact) mass is 324 g/mol. The predicted molar refractivity (Wildman–Crippen MR) is 94.4 cm³/mol. The highest BCUT2D eigenvalue weighted by molar-refractivity contribution is 5.76. The van der Waals surface area contributed by atoms with E-state index >= 15 is 0 Å². The van der Waals surface area contributed by atoms with Crippen molar-refractivity contribution in [2.45, 2.75) is 77.9 Å². The minimum atomic E-state index is 0.0763. The maximum absolute atomic E-state index is 12.5. The maximum atomic E-state index is 12.5. The molecule has 1 amide bonds. The number of carbonyl (C=O) groups excluding carboxylic acids is 1. The van der Waals surface area contributed by atoms with Crippen LogP contribution in [0.4, 0.5) is 0 Å². The van der Waals surface area contributed by atoms with E-state index < -0.39 is 0 Å². The zero-order valence-corrected chi connectivity index (χ0v) is 15.6. The molecule has 2 fully saturated rings. The first kappa shape index (κ1) is 18.7. The Morgan fingerprint density at radius 3 is 2.61 bits per heavy atom. The van der Waals surface area contributed by atoms with Crippen LogP contribution >= 0.6 is 0 Å². The fraction of sp³-hybridized carbons (Fsp3) is 0.947. The van der Waals surface area contributed by atoms with Gasteiger partial charge in [0.1, 0.15) is 0 Å². The molecule has 1 saturated carbocycles. The fourth-order valence-electron chi connectivity index (χ4n) is 4.02. The van der Waals surface area contributed by atoms with Crippen molar-refractivity contribution < 1.29 is 9.53 Å². The summed E-state index contributed by atoms with van der Waals surface area (Å²) in [6.07, 6.45) is 7.79. The number of piperidine rings is 1. The van der Waals surface area contributed by atoms with Crippen LogP contribution in [0.3, 0.4) is 0 Å². The molecule has 0 bridgehead atoms. The third-order valence-corrected chi connectivity index (χ3v) is 6.03. The second-order valence-electron chi connectivity index (χ2n) is 8.02. The van der Waals surface area contributed by atoms with Crippen molar-refractivity contribution in [1.29, 1.82) is 0 Å². The number of carbonyl (C=O) groups is 1. The Kier molecular flexibility index (Phi) is 6.90. The molecule has 1 saturated heterocycles. The highest BCUT2D eigenvalue weighted by Gasteiger charge is 2.51. The van der Waals surface area contributed by atoms with Gasteiger partial charge in [-0.15, -0.1) is 0 Å². The van der Waals surface area contributed by atoms with Crippen LogP contribution in [0.1, 0.15) is 65.7 Å². The van der Waals surface area contributed by atoms with Crippen LogP contribution in [0, 0.1) is 11.3 Å². The van der Waals surface area contributed by atoms with E-state index in [4.69, 9.17) is 4.74 Å². The second-order valence-corrected chi connectivity index (χ2v) is 8.02. The number of ether oxygens (including phenoxy) is 1. The number of nitrogens with one attached hydrogen (secondary N) is 1. The summed E-state index contributed by atoms with van der Waals surface area (Å²) >= 11 is 0. The first-order chi connectivity index (χ1) is 11.0. The average molecular weight is 325 g/mol. The second kappa shape index (κ2) is 8.48. The molecular weight excluding hydrogens is 288 g/mol. The van der Waals surface area contributed by atoms with E-state index in [1.807, 2.05) is 11.9 Å². The Hall–Kier alpha value is -0.610. The lowest BCUT2D eigenvalue weighted by Crippen LogP contribution is -2.62. The Labute approximate surface area is 142 Å². The molecule has 4 heteroatoms. The van der Waals surface area contributed by atoms with E-state index in [1.54, 1.807) is 0 Å². The summed E-state index contributed by atoms with van der Waals surface area (Å²) in [6.45, 7) is 9.75. The molecule has 0 aromatic heterocycles. The number of hydrogen-bond donors (Lipinski definition) is 1. The van der Waals surface area contributed by atoms with Crippen LogP contribution in [-0.4, -0.2) is 49.7 Å². The fourth-order valence-corrected chi connectivity index (χ4v) is 4.02. The summed E-state index contributed by atoms with van der Waals surface area (Å²) in [5, 5.41) is 3.39. The van der Waals surface area contributed by atoms with Gasteiger partial charge in [0.2, 0.25) is 5.91 Å². The molecule has 1 heterocycles. The molecule has 2 unspecified atom stereocenters. The Morgan fingerprint density at radius 2 is 2.00 bits per heavy atom. The van der Waals surface area contributed by atoms with Crippen molar-refractivity contribution in [3.63, 3.8) is 0 Å². The molecule has 2 rings (SSSR count).